The van der Waals surface area contributed by atoms with Crippen LogP contribution in [-0.2, 0) is 25.7 Å². The van der Waals surface area contributed by atoms with E-state index in [0.29, 0.717) is 26.8 Å². The molecule has 3 atom stereocenters. The zero-order valence-corrected chi connectivity index (χ0v) is 26.8. The number of aryl methyl sites for hydroxylation is 1. The molecule has 1 N–H and O–H groups in total. The molecule has 1 fully saturated rings. The molecule has 12 heteroatoms. The number of carbonyl (C=O) groups excluding carboxylic acids is 4. The summed E-state index contributed by atoms with van der Waals surface area (Å²) in [6.07, 6.45) is 0. The Kier molecular flexibility index (Phi) is 8.32. The molecule has 0 bridgehead atoms. The van der Waals surface area contributed by atoms with E-state index in [1.54, 1.807) is 25.1 Å². The maximum absolute atomic E-state index is 14.1. The number of aromatic nitrogens is 1. The van der Waals surface area contributed by atoms with E-state index in [1.807, 2.05) is 49.4 Å². The van der Waals surface area contributed by atoms with Crippen molar-refractivity contribution in [3.8, 4) is 0 Å². The van der Waals surface area contributed by atoms with Crippen molar-refractivity contribution in [2.45, 2.75) is 36.6 Å². The van der Waals surface area contributed by atoms with Gasteiger partial charge in [-0.05, 0) is 73.5 Å². The second-order valence-electron chi connectivity index (χ2n) is 10.4. The van der Waals surface area contributed by atoms with E-state index >= 15 is 0 Å². The van der Waals surface area contributed by atoms with Crippen molar-refractivity contribution in [1.82, 2.24) is 4.57 Å². The van der Waals surface area contributed by atoms with Gasteiger partial charge in [-0.25, -0.2) is 9.69 Å². The quantitative estimate of drug-likeness (QED) is 0.198. The Hall–Kier alpha value is -4.00. The van der Waals surface area contributed by atoms with Gasteiger partial charge in [0.1, 0.15) is 11.8 Å². The lowest BCUT2D eigenvalue weighted by Crippen LogP contribution is -2.33. The van der Waals surface area contributed by atoms with Gasteiger partial charge in [-0.2, -0.15) is 0 Å². The Bertz CT molecular complexity index is 1850. The minimum Gasteiger partial charge on any atom is -0.462 e. The van der Waals surface area contributed by atoms with Gasteiger partial charge in [0, 0.05) is 21.0 Å². The SMILES string of the molecule is CCOC(=O)c1ccc(N2C(=O)C3Sc4c(sc(=O)n4CC(=O)Nc4cccc(C)c4)C(c4ccc(Br)cc4)C3C2=O)cc1. The van der Waals surface area contributed by atoms with Crippen LogP contribution in [0.5, 0.6) is 0 Å². The van der Waals surface area contributed by atoms with E-state index in [4.69, 9.17) is 4.74 Å². The smallest absolute Gasteiger partial charge is 0.338 e. The second kappa shape index (κ2) is 12.2. The number of nitrogens with zero attached hydrogens (tertiary/aromatic N) is 2. The minimum absolute atomic E-state index is 0.227. The highest BCUT2D eigenvalue weighted by atomic mass is 79.9. The number of halogens is 1. The number of fused-ring (bicyclic) bond motifs is 2. The number of ether oxygens (including phenoxy) is 1. The predicted molar refractivity (Wildman–Crippen MR) is 172 cm³/mol. The Balaban J connectivity index is 1.37. The lowest BCUT2D eigenvalue weighted by Gasteiger charge is -2.30. The number of carbonyl (C=O) groups is 4. The highest BCUT2D eigenvalue weighted by Gasteiger charge is 2.56. The van der Waals surface area contributed by atoms with Crippen molar-refractivity contribution < 1.29 is 23.9 Å². The number of benzene rings is 3. The standard InChI is InChI=1S/C32H26BrN3O6S2/c1-3-42-31(40)19-9-13-22(14-10-19)36-28(38)25-24(18-7-11-20(33)12-8-18)27-30(43-26(25)29(36)39)35(32(41)44-27)16-23(37)34-21-6-4-5-17(2)15-21/h4-15,24-26H,3,16H2,1-2H3,(H,34,37). The first-order valence-electron chi connectivity index (χ1n) is 13.8. The van der Waals surface area contributed by atoms with Crippen LogP contribution < -0.4 is 15.1 Å². The van der Waals surface area contributed by atoms with Crippen LogP contribution in [-0.4, -0.2) is 40.1 Å². The lowest BCUT2D eigenvalue weighted by molar-refractivity contribution is -0.122. The molecule has 3 amide bonds. The molecule has 1 saturated heterocycles. The number of anilines is 2. The Morgan fingerprint density at radius 3 is 2.39 bits per heavy atom. The van der Waals surface area contributed by atoms with Crippen molar-refractivity contribution in [2.75, 3.05) is 16.8 Å². The Morgan fingerprint density at radius 1 is 0.977 bits per heavy atom. The van der Waals surface area contributed by atoms with Crippen molar-refractivity contribution in [1.29, 1.82) is 0 Å². The van der Waals surface area contributed by atoms with Crippen LogP contribution in [0.25, 0.3) is 0 Å². The fourth-order valence-corrected chi connectivity index (χ4v) is 8.60. The fraction of sp³-hybridized carbons (Fsp3) is 0.219. The van der Waals surface area contributed by atoms with Crippen LogP contribution in [0.15, 0.2) is 87.1 Å². The largest absolute Gasteiger partial charge is 0.462 e. The average Bonchev–Trinajstić information content (AvgIpc) is 3.44. The van der Waals surface area contributed by atoms with Gasteiger partial charge >= 0.3 is 10.8 Å². The van der Waals surface area contributed by atoms with Crippen LogP contribution in [0.2, 0.25) is 0 Å². The summed E-state index contributed by atoms with van der Waals surface area (Å²) in [7, 11) is 0. The van der Waals surface area contributed by atoms with Crippen molar-refractivity contribution in [2.24, 2.45) is 5.92 Å². The van der Waals surface area contributed by atoms with E-state index < -0.39 is 29.0 Å². The molecule has 2 aliphatic rings. The van der Waals surface area contributed by atoms with Crippen molar-refractivity contribution in [3.63, 3.8) is 0 Å². The fourth-order valence-electron chi connectivity index (χ4n) is 5.57. The highest BCUT2D eigenvalue weighted by Crippen LogP contribution is 2.54. The van der Waals surface area contributed by atoms with E-state index in [9.17, 15) is 24.0 Å². The maximum atomic E-state index is 14.1. The normalized spacial score (nSPS) is 19.0. The van der Waals surface area contributed by atoms with Gasteiger partial charge in [-0.1, -0.05) is 63.3 Å². The number of rotatable bonds is 7. The zero-order chi connectivity index (χ0) is 31.1. The van der Waals surface area contributed by atoms with E-state index in [2.05, 4.69) is 21.2 Å². The number of thioether (sulfide) groups is 1. The summed E-state index contributed by atoms with van der Waals surface area (Å²) in [5.74, 6) is -3.04. The topological polar surface area (TPSA) is 115 Å². The monoisotopic (exact) mass is 691 g/mol. The number of hydrogen-bond acceptors (Lipinski definition) is 8. The summed E-state index contributed by atoms with van der Waals surface area (Å²) in [6.45, 7) is 3.62. The number of hydrogen-bond donors (Lipinski definition) is 1. The third kappa shape index (κ3) is 5.53. The molecule has 3 aromatic carbocycles. The minimum atomic E-state index is -0.825. The molecule has 9 nitrogen and oxygen atoms in total. The third-order valence-corrected chi connectivity index (χ3v) is 10.7. The van der Waals surface area contributed by atoms with Gasteiger partial charge in [-0.15, -0.1) is 0 Å². The number of imide groups is 1. The van der Waals surface area contributed by atoms with Gasteiger partial charge in [0.2, 0.25) is 17.7 Å². The molecule has 6 rings (SSSR count). The predicted octanol–water partition coefficient (Wildman–Crippen LogP) is 5.59. The molecule has 0 spiro atoms. The van der Waals surface area contributed by atoms with Crippen LogP contribution in [0.1, 0.15) is 39.2 Å². The molecule has 2 aliphatic heterocycles. The number of nitrogens with one attached hydrogen (secondary N) is 1. The van der Waals surface area contributed by atoms with Crippen LogP contribution in [0.3, 0.4) is 0 Å². The molecule has 44 heavy (non-hydrogen) atoms. The van der Waals surface area contributed by atoms with Crippen LogP contribution in [0.4, 0.5) is 11.4 Å². The van der Waals surface area contributed by atoms with Gasteiger partial charge in [0.25, 0.3) is 0 Å². The molecule has 4 aromatic rings. The van der Waals surface area contributed by atoms with E-state index in [1.165, 1.54) is 16.7 Å². The summed E-state index contributed by atoms with van der Waals surface area (Å²) in [6, 6.07) is 21.0. The Morgan fingerprint density at radius 2 is 1.70 bits per heavy atom. The molecule has 0 aliphatic carbocycles. The molecule has 224 valence electrons. The molecule has 3 unspecified atom stereocenters. The number of thiazole rings is 1. The van der Waals surface area contributed by atoms with Gasteiger partial charge in [0.15, 0.2) is 0 Å². The molecule has 0 saturated carbocycles. The number of esters is 1. The third-order valence-electron chi connectivity index (χ3n) is 7.52. The molecule has 0 radical (unpaired) electrons. The first-order valence-corrected chi connectivity index (χ1v) is 16.3. The first-order chi connectivity index (χ1) is 21.2. The lowest BCUT2D eigenvalue weighted by atomic mass is 9.83. The average molecular weight is 693 g/mol. The summed E-state index contributed by atoms with van der Waals surface area (Å²) in [5.41, 5.74) is 3.04. The maximum Gasteiger partial charge on any atom is 0.338 e. The van der Waals surface area contributed by atoms with Gasteiger partial charge < -0.3 is 10.1 Å². The van der Waals surface area contributed by atoms with E-state index in [-0.39, 0.29) is 29.8 Å². The van der Waals surface area contributed by atoms with Gasteiger partial charge in [-0.3, -0.25) is 23.7 Å². The number of amides is 3. The molecule has 3 heterocycles. The summed E-state index contributed by atoms with van der Waals surface area (Å²) in [5, 5.41) is 2.53. The molecule has 1 aromatic heterocycles. The van der Waals surface area contributed by atoms with Gasteiger partial charge in [0.05, 0.1) is 28.8 Å². The summed E-state index contributed by atoms with van der Waals surface area (Å²) < 4.78 is 7.29. The van der Waals surface area contributed by atoms with Crippen molar-refractivity contribution >= 4 is 74.1 Å². The van der Waals surface area contributed by atoms with Crippen LogP contribution >= 0.6 is 39.0 Å². The second-order valence-corrected chi connectivity index (χ2v) is 13.5. The summed E-state index contributed by atoms with van der Waals surface area (Å²) in [4.78, 5) is 68.1. The first kappa shape index (κ1) is 30.0. The molecular weight excluding hydrogens is 666 g/mol. The molecular formula is C32H26BrN3O6S2. The van der Waals surface area contributed by atoms with Crippen LogP contribution in [0, 0.1) is 12.8 Å². The summed E-state index contributed by atoms with van der Waals surface area (Å²) >= 11 is 5.60. The highest BCUT2D eigenvalue weighted by molar-refractivity contribution is 9.10. The van der Waals surface area contributed by atoms with Crippen molar-refractivity contribution in [3.05, 3.63) is 109 Å². The van der Waals surface area contributed by atoms with E-state index in [0.717, 1.165) is 43.6 Å². The zero-order valence-electron chi connectivity index (χ0n) is 23.6. The Labute approximate surface area is 269 Å².